The SMILES string of the molecule is CN1CCC(N(Cc2ccco2)C(=O)/C=C/c2ccco2)CC1. The van der Waals surface area contributed by atoms with E-state index in [1.807, 2.05) is 29.2 Å². The van der Waals surface area contributed by atoms with Crippen molar-refractivity contribution in [2.75, 3.05) is 20.1 Å². The molecule has 0 bridgehead atoms. The van der Waals surface area contributed by atoms with Gasteiger partial charge in [0, 0.05) is 12.1 Å². The van der Waals surface area contributed by atoms with Gasteiger partial charge in [-0.05, 0) is 63.3 Å². The van der Waals surface area contributed by atoms with Crippen molar-refractivity contribution in [2.45, 2.75) is 25.4 Å². The van der Waals surface area contributed by atoms with Crippen molar-refractivity contribution in [2.24, 2.45) is 0 Å². The van der Waals surface area contributed by atoms with Gasteiger partial charge in [-0.2, -0.15) is 0 Å². The summed E-state index contributed by atoms with van der Waals surface area (Å²) in [7, 11) is 2.12. The molecule has 1 fully saturated rings. The zero-order valence-corrected chi connectivity index (χ0v) is 13.4. The summed E-state index contributed by atoms with van der Waals surface area (Å²) in [5, 5.41) is 0. The van der Waals surface area contributed by atoms with E-state index in [0.29, 0.717) is 12.3 Å². The van der Waals surface area contributed by atoms with Crippen LogP contribution in [0, 0.1) is 0 Å². The number of rotatable bonds is 5. The number of piperidine rings is 1. The minimum atomic E-state index is -0.00708. The first-order chi connectivity index (χ1) is 11.2. The molecular formula is C18H22N2O3. The van der Waals surface area contributed by atoms with Crippen molar-refractivity contribution in [1.29, 1.82) is 0 Å². The molecule has 1 aliphatic heterocycles. The van der Waals surface area contributed by atoms with Crippen LogP contribution in [0.25, 0.3) is 6.08 Å². The highest BCUT2D eigenvalue weighted by molar-refractivity contribution is 5.91. The van der Waals surface area contributed by atoms with Crippen LogP contribution in [0.2, 0.25) is 0 Å². The molecule has 1 saturated heterocycles. The van der Waals surface area contributed by atoms with Gasteiger partial charge < -0.3 is 18.6 Å². The van der Waals surface area contributed by atoms with Crippen molar-refractivity contribution >= 4 is 12.0 Å². The van der Waals surface area contributed by atoms with Crippen LogP contribution in [-0.4, -0.2) is 41.9 Å². The third kappa shape index (κ3) is 4.13. The molecule has 2 aromatic heterocycles. The van der Waals surface area contributed by atoms with Crippen LogP contribution in [0.4, 0.5) is 0 Å². The average molecular weight is 314 g/mol. The quantitative estimate of drug-likeness (QED) is 0.796. The standard InChI is InChI=1S/C18H22N2O3/c1-19-10-8-15(9-11-19)20(14-17-5-3-13-23-17)18(21)7-6-16-4-2-12-22-16/h2-7,12-13,15H,8-11,14H2,1H3/b7-6+. The monoisotopic (exact) mass is 314 g/mol. The smallest absolute Gasteiger partial charge is 0.247 e. The summed E-state index contributed by atoms with van der Waals surface area (Å²) in [5.74, 6) is 1.48. The Kier molecular flexibility index (Phi) is 4.98. The van der Waals surface area contributed by atoms with E-state index in [-0.39, 0.29) is 11.9 Å². The van der Waals surface area contributed by atoms with Crippen molar-refractivity contribution in [3.8, 4) is 0 Å². The number of carbonyl (C=O) groups is 1. The Hall–Kier alpha value is -2.27. The number of carbonyl (C=O) groups excluding carboxylic acids is 1. The largest absolute Gasteiger partial charge is 0.467 e. The second-order valence-corrected chi connectivity index (χ2v) is 5.93. The van der Waals surface area contributed by atoms with Gasteiger partial charge in [-0.15, -0.1) is 0 Å². The molecule has 0 radical (unpaired) electrons. The maximum Gasteiger partial charge on any atom is 0.247 e. The van der Waals surface area contributed by atoms with E-state index in [9.17, 15) is 4.79 Å². The number of hydrogen-bond acceptors (Lipinski definition) is 4. The Morgan fingerprint density at radius 2 is 2.00 bits per heavy atom. The lowest BCUT2D eigenvalue weighted by Gasteiger charge is -2.36. The van der Waals surface area contributed by atoms with E-state index in [1.165, 1.54) is 0 Å². The summed E-state index contributed by atoms with van der Waals surface area (Å²) in [6.45, 7) is 2.52. The fourth-order valence-corrected chi connectivity index (χ4v) is 2.90. The van der Waals surface area contributed by atoms with Crippen molar-refractivity contribution in [3.05, 3.63) is 54.4 Å². The zero-order chi connectivity index (χ0) is 16.1. The number of likely N-dealkylation sites (tertiary alicyclic amines) is 1. The summed E-state index contributed by atoms with van der Waals surface area (Å²) < 4.78 is 10.7. The molecule has 0 N–H and O–H groups in total. The summed E-state index contributed by atoms with van der Waals surface area (Å²) >= 11 is 0. The van der Waals surface area contributed by atoms with Gasteiger partial charge in [0.05, 0.1) is 19.1 Å². The summed E-state index contributed by atoms with van der Waals surface area (Å²) in [6, 6.07) is 7.64. The Morgan fingerprint density at radius 1 is 1.26 bits per heavy atom. The van der Waals surface area contributed by atoms with Gasteiger partial charge in [0.1, 0.15) is 11.5 Å². The molecule has 1 aliphatic rings. The lowest BCUT2D eigenvalue weighted by Crippen LogP contribution is -2.45. The fraction of sp³-hybridized carbons (Fsp3) is 0.389. The van der Waals surface area contributed by atoms with E-state index in [2.05, 4.69) is 11.9 Å². The van der Waals surface area contributed by atoms with Gasteiger partial charge in [0.15, 0.2) is 0 Å². The Bertz CT molecular complexity index is 623. The normalized spacial score (nSPS) is 16.9. The van der Waals surface area contributed by atoms with Gasteiger partial charge in [0.25, 0.3) is 0 Å². The van der Waals surface area contributed by atoms with Crippen molar-refractivity contribution in [1.82, 2.24) is 9.80 Å². The highest BCUT2D eigenvalue weighted by atomic mass is 16.3. The minimum Gasteiger partial charge on any atom is -0.467 e. The van der Waals surface area contributed by atoms with Crippen LogP contribution in [0.15, 0.2) is 51.7 Å². The molecule has 0 saturated carbocycles. The summed E-state index contributed by atoms with van der Waals surface area (Å²) in [6.07, 6.45) is 8.51. The molecule has 122 valence electrons. The minimum absolute atomic E-state index is 0.00708. The molecule has 0 spiro atoms. The van der Waals surface area contributed by atoms with Gasteiger partial charge in [0.2, 0.25) is 5.91 Å². The van der Waals surface area contributed by atoms with Crippen LogP contribution in [0.1, 0.15) is 24.4 Å². The Morgan fingerprint density at radius 3 is 2.65 bits per heavy atom. The molecule has 3 heterocycles. The van der Waals surface area contributed by atoms with Crippen LogP contribution in [0.5, 0.6) is 0 Å². The molecule has 0 aliphatic carbocycles. The van der Waals surface area contributed by atoms with Crippen molar-refractivity contribution in [3.63, 3.8) is 0 Å². The second kappa shape index (κ2) is 7.33. The van der Waals surface area contributed by atoms with E-state index < -0.39 is 0 Å². The fourth-order valence-electron chi connectivity index (χ4n) is 2.90. The van der Waals surface area contributed by atoms with Crippen LogP contribution >= 0.6 is 0 Å². The van der Waals surface area contributed by atoms with E-state index in [1.54, 1.807) is 24.7 Å². The lowest BCUT2D eigenvalue weighted by molar-refractivity contribution is -0.130. The Labute approximate surface area is 136 Å². The molecule has 2 aromatic rings. The van der Waals surface area contributed by atoms with Crippen LogP contribution < -0.4 is 0 Å². The highest BCUT2D eigenvalue weighted by Crippen LogP contribution is 2.19. The first-order valence-corrected chi connectivity index (χ1v) is 7.95. The first kappa shape index (κ1) is 15.6. The van der Waals surface area contributed by atoms with Gasteiger partial charge >= 0.3 is 0 Å². The van der Waals surface area contributed by atoms with E-state index >= 15 is 0 Å². The number of hydrogen-bond donors (Lipinski definition) is 0. The third-order valence-electron chi connectivity index (χ3n) is 4.25. The predicted molar refractivity (Wildman–Crippen MR) is 87.5 cm³/mol. The Balaban J connectivity index is 1.72. The number of furan rings is 2. The molecule has 1 amide bonds. The first-order valence-electron chi connectivity index (χ1n) is 7.95. The van der Waals surface area contributed by atoms with Gasteiger partial charge in [-0.25, -0.2) is 0 Å². The second-order valence-electron chi connectivity index (χ2n) is 5.93. The summed E-state index contributed by atoms with van der Waals surface area (Å²) in [4.78, 5) is 16.9. The average Bonchev–Trinajstić information content (AvgIpc) is 3.25. The summed E-state index contributed by atoms with van der Waals surface area (Å²) in [5.41, 5.74) is 0. The molecule has 0 aromatic carbocycles. The molecule has 5 nitrogen and oxygen atoms in total. The molecule has 0 unspecified atom stereocenters. The maximum absolute atomic E-state index is 12.7. The van der Waals surface area contributed by atoms with Gasteiger partial charge in [-0.1, -0.05) is 0 Å². The highest BCUT2D eigenvalue weighted by Gasteiger charge is 2.26. The number of nitrogens with zero attached hydrogens (tertiary/aromatic N) is 2. The lowest BCUT2D eigenvalue weighted by atomic mass is 10.0. The molecule has 23 heavy (non-hydrogen) atoms. The molecule has 5 heteroatoms. The maximum atomic E-state index is 12.7. The van der Waals surface area contributed by atoms with E-state index in [4.69, 9.17) is 8.83 Å². The molecule has 0 atom stereocenters. The van der Waals surface area contributed by atoms with Crippen molar-refractivity contribution < 1.29 is 13.6 Å². The topological polar surface area (TPSA) is 49.8 Å². The number of amides is 1. The van der Waals surface area contributed by atoms with Gasteiger partial charge in [-0.3, -0.25) is 4.79 Å². The third-order valence-corrected chi connectivity index (χ3v) is 4.25. The predicted octanol–water partition coefficient (Wildman–Crippen LogP) is 3.01. The van der Waals surface area contributed by atoms with E-state index in [0.717, 1.165) is 31.7 Å². The zero-order valence-electron chi connectivity index (χ0n) is 13.4. The molecule has 3 rings (SSSR count). The van der Waals surface area contributed by atoms with Crippen LogP contribution in [-0.2, 0) is 11.3 Å². The molecular weight excluding hydrogens is 292 g/mol. The van der Waals surface area contributed by atoms with Crippen LogP contribution in [0.3, 0.4) is 0 Å².